The SMILES string of the molecule is CC1=C(C(=O)Nc2ccccc2)C(c2ccccc2)n2c(sc(=Cc3c(C)nn(-c4ccccc4)c3Cl)c2=O)=N1. The molecule has 0 aliphatic carbocycles. The molecule has 1 amide bonds. The van der Waals surface area contributed by atoms with Crippen molar-refractivity contribution < 1.29 is 4.79 Å². The summed E-state index contributed by atoms with van der Waals surface area (Å²) < 4.78 is 3.71. The molecule has 1 aliphatic heterocycles. The highest BCUT2D eigenvalue weighted by Crippen LogP contribution is 2.31. The van der Waals surface area contributed by atoms with E-state index in [4.69, 9.17) is 16.6 Å². The fourth-order valence-corrected chi connectivity index (χ4v) is 6.18. The quantitative estimate of drug-likeness (QED) is 0.325. The van der Waals surface area contributed by atoms with Crippen molar-refractivity contribution in [3.05, 3.63) is 144 Å². The van der Waals surface area contributed by atoms with Gasteiger partial charge in [-0.05, 0) is 49.8 Å². The molecule has 5 aromatic rings. The van der Waals surface area contributed by atoms with Crippen LogP contribution in [-0.4, -0.2) is 20.3 Å². The van der Waals surface area contributed by atoms with E-state index in [1.807, 2.05) is 97.9 Å². The van der Waals surface area contributed by atoms with Crippen molar-refractivity contribution in [1.29, 1.82) is 0 Å². The van der Waals surface area contributed by atoms with Crippen molar-refractivity contribution in [2.75, 3.05) is 5.32 Å². The number of thiazole rings is 1. The van der Waals surface area contributed by atoms with E-state index in [0.29, 0.717) is 42.7 Å². The van der Waals surface area contributed by atoms with Crippen LogP contribution >= 0.6 is 22.9 Å². The van der Waals surface area contributed by atoms with E-state index >= 15 is 0 Å². The Morgan fingerprint density at radius 1 is 0.950 bits per heavy atom. The molecule has 6 rings (SSSR count). The van der Waals surface area contributed by atoms with Crippen molar-refractivity contribution in [1.82, 2.24) is 14.3 Å². The number of hydrogen-bond donors (Lipinski definition) is 1. The highest BCUT2D eigenvalue weighted by Gasteiger charge is 2.32. The highest BCUT2D eigenvalue weighted by molar-refractivity contribution is 7.07. The van der Waals surface area contributed by atoms with Crippen molar-refractivity contribution >= 4 is 40.6 Å². The van der Waals surface area contributed by atoms with Crippen LogP contribution in [0.3, 0.4) is 0 Å². The van der Waals surface area contributed by atoms with Crippen LogP contribution in [0.5, 0.6) is 0 Å². The summed E-state index contributed by atoms with van der Waals surface area (Å²) in [4.78, 5) is 32.9. The lowest BCUT2D eigenvalue weighted by Gasteiger charge is -2.25. The molecule has 0 saturated heterocycles. The number of aryl methyl sites for hydroxylation is 1. The summed E-state index contributed by atoms with van der Waals surface area (Å²) in [5.41, 5.74) is 4.37. The largest absolute Gasteiger partial charge is 0.322 e. The summed E-state index contributed by atoms with van der Waals surface area (Å²) in [7, 11) is 0. The van der Waals surface area contributed by atoms with Gasteiger partial charge in [-0.15, -0.1) is 0 Å². The number of para-hydroxylation sites is 2. The maximum absolute atomic E-state index is 14.0. The number of halogens is 1. The van der Waals surface area contributed by atoms with Crippen molar-refractivity contribution in [2.24, 2.45) is 4.99 Å². The zero-order valence-corrected chi connectivity index (χ0v) is 23.3. The van der Waals surface area contributed by atoms with Crippen molar-refractivity contribution in [2.45, 2.75) is 19.9 Å². The van der Waals surface area contributed by atoms with Gasteiger partial charge >= 0.3 is 0 Å². The fraction of sp³-hybridized carbons (Fsp3) is 0.0968. The number of anilines is 1. The predicted octanol–water partition coefficient (Wildman–Crippen LogP) is 5.02. The summed E-state index contributed by atoms with van der Waals surface area (Å²) in [5, 5.41) is 7.98. The first kappa shape index (κ1) is 25.7. The Hall–Kier alpha value is -4.53. The Labute approximate surface area is 239 Å². The van der Waals surface area contributed by atoms with Gasteiger partial charge in [0, 0.05) is 11.3 Å². The summed E-state index contributed by atoms with van der Waals surface area (Å²) in [6.07, 6.45) is 1.76. The molecular weight excluding hydrogens is 542 g/mol. The van der Waals surface area contributed by atoms with Crippen LogP contribution in [0.15, 0.2) is 112 Å². The molecule has 1 N–H and O–H groups in total. The van der Waals surface area contributed by atoms with Gasteiger partial charge in [0.25, 0.3) is 11.5 Å². The minimum absolute atomic E-state index is 0.252. The Morgan fingerprint density at radius 2 is 1.57 bits per heavy atom. The van der Waals surface area contributed by atoms with Gasteiger partial charge in [0.05, 0.1) is 33.2 Å². The summed E-state index contributed by atoms with van der Waals surface area (Å²) in [5.74, 6) is -0.307. The number of nitrogens with zero attached hydrogens (tertiary/aromatic N) is 4. The predicted molar refractivity (Wildman–Crippen MR) is 159 cm³/mol. The molecule has 3 heterocycles. The van der Waals surface area contributed by atoms with E-state index < -0.39 is 6.04 Å². The number of carbonyl (C=O) groups excluding carboxylic acids is 1. The van der Waals surface area contributed by atoms with E-state index in [-0.39, 0.29) is 11.5 Å². The summed E-state index contributed by atoms with van der Waals surface area (Å²) >= 11 is 8.03. The molecule has 1 unspecified atom stereocenters. The smallest absolute Gasteiger partial charge is 0.271 e. The molecule has 0 bridgehead atoms. The van der Waals surface area contributed by atoms with Crippen molar-refractivity contribution in [3.63, 3.8) is 0 Å². The zero-order valence-electron chi connectivity index (χ0n) is 21.7. The van der Waals surface area contributed by atoms with Gasteiger partial charge in [-0.25, -0.2) is 9.67 Å². The number of carbonyl (C=O) groups is 1. The highest BCUT2D eigenvalue weighted by atomic mass is 35.5. The number of rotatable bonds is 5. The second kappa shape index (κ2) is 10.6. The lowest BCUT2D eigenvalue weighted by molar-refractivity contribution is -0.113. The fourth-order valence-electron chi connectivity index (χ4n) is 4.83. The van der Waals surface area contributed by atoms with E-state index in [0.717, 1.165) is 11.3 Å². The van der Waals surface area contributed by atoms with E-state index in [1.54, 1.807) is 22.2 Å². The average Bonchev–Trinajstić information content (AvgIpc) is 3.43. The van der Waals surface area contributed by atoms with Gasteiger partial charge in [-0.2, -0.15) is 5.10 Å². The van der Waals surface area contributed by atoms with Gasteiger partial charge < -0.3 is 5.32 Å². The molecule has 198 valence electrons. The molecule has 1 aliphatic rings. The van der Waals surface area contributed by atoms with E-state index in [9.17, 15) is 9.59 Å². The molecule has 0 saturated carbocycles. The summed E-state index contributed by atoms with van der Waals surface area (Å²) in [6.45, 7) is 3.66. The van der Waals surface area contributed by atoms with E-state index in [1.165, 1.54) is 11.3 Å². The number of amides is 1. The Morgan fingerprint density at radius 3 is 2.25 bits per heavy atom. The second-order valence-electron chi connectivity index (χ2n) is 9.35. The molecule has 40 heavy (non-hydrogen) atoms. The van der Waals surface area contributed by atoms with Crippen LogP contribution in [0.1, 0.15) is 29.8 Å². The lowest BCUT2D eigenvalue weighted by atomic mass is 9.95. The standard InChI is InChI=1S/C31H24ClN5O2S/c1-19-24(28(32)37(35-19)23-16-10-5-11-17-23)18-25-30(39)36-27(21-12-6-3-7-13-21)26(20(2)33-31(36)40-25)29(38)34-22-14-8-4-9-15-22/h3-18,27H,1-2H3,(H,34,38). The third-order valence-electron chi connectivity index (χ3n) is 6.74. The van der Waals surface area contributed by atoms with Crippen LogP contribution < -0.4 is 20.2 Å². The van der Waals surface area contributed by atoms with Gasteiger partial charge in [-0.1, -0.05) is 89.7 Å². The Kier molecular flexibility index (Phi) is 6.79. The first-order chi connectivity index (χ1) is 19.4. The maximum Gasteiger partial charge on any atom is 0.271 e. The van der Waals surface area contributed by atoms with Crippen LogP contribution in [0.4, 0.5) is 5.69 Å². The number of nitrogens with one attached hydrogen (secondary N) is 1. The number of aromatic nitrogens is 3. The molecule has 1 atom stereocenters. The zero-order chi connectivity index (χ0) is 27.8. The molecule has 3 aromatic carbocycles. The van der Waals surface area contributed by atoms with Crippen LogP contribution in [-0.2, 0) is 4.79 Å². The first-order valence-corrected chi connectivity index (χ1v) is 13.9. The number of fused-ring (bicyclic) bond motifs is 1. The van der Waals surface area contributed by atoms with Gasteiger partial charge in [0.15, 0.2) is 4.80 Å². The first-order valence-electron chi connectivity index (χ1n) is 12.7. The molecule has 2 aromatic heterocycles. The minimum atomic E-state index is -0.646. The normalized spacial score (nSPS) is 15.1. The third-order valence-corrected chi connectivity index (χ3v) is 8.08. The van der Waals surface area contributed by atoms with Crippen molar-refractivity contribution in [3.8, 4) is 5.69 Å². The van der Waals surface area contributed by atoms with Crippen LogP contribution in [0, 0.1) is 6.92 Å². The average molecular weight is 566 g/mol. The Bertz CT molecular complexity index is 1940. The summed E-state index contributed by atoms with van der Waals surface area (Å²) in [6, 6.07) is 27.7. The molecule has 0 radical (unpaired) electrons. The monoisotopic (exact) mass is 565 g/mol. The van der Waals surface area contributed by atoms with Gasteiger partial charge in [-0.3, -0.25) is 14.2 Å². The lowest BCUT2D eigenvalue weighted by Crippen LogP contribution is -2.40. The molecule has 9 heteroatoms. The number of allylic oxidation sites excluding steroid dienone is 1. The van der Waals surface area contributed by atoms with Gasteiger partial charge in [0.1, 0.15) is 5.15 Å². The number of benzene rings is 3. The molecule has 0 fully saturated rings. The number of hydrogen-bond acceptors (Lipinski definition) is 5. The van der Waals surface area contributed by atoms with E-state index in [2.05, 4.69) is 10.4 Å². The second-order valence-corrected chi connectivity index (χ2v) is 10.7. The molecular formula is C31H24ClN5O2S. The van der Waals surface area contributed by atoms with Crippen LogP contribution in [0.2, 0.25) is 5.15 Å². The maximum atomic E-state index is 14.0. The Balaban J connectivity index is 1.49. The molecule has 7 nitrogen and oxygen atoms in total. The molecule has 0 spiro atoms. The minimum Gasteiger partial charge on any atom is -0.322 e. The van der Waals surface area contributed by atoms with Crippen LogP contribution in [0.25, 0.3) is 11.8 Å². The topological polar surface area (TPSA) is 81.3 Å². The van der Waals surface area contributed by atoms with Gasteiger partial charge in [0.2, 0.25) is 0 Å². The third kappa shape index (κ3) is 4.61.